The highest BCUT2D eigenvalue weighted by Crippen LogP contribution is 2.25. The van der Waals surface area contributed by atoms with E-state index < -0.39 is 30.4 Å². The molecule has 0 aliphatic carbocycles. The fourth-order valence-corrected chi connectivity index (χ4v) is 2.90. The molecule has 6 heteroatoms. The van der Waals surface area contributed by atoms with Crippen LogP contribution in [0.25, 0.3) is 0 Å². The fraction of sp³-hybridized carbons (Fsp3) is 0.833. The van der Waals surface area contributed by atoms with Crippen LogP contribution in [0.4, 0.5) is 0 Å². The molecular formula is C18H32O6. The van der Waals surface area contributed by atoms with E-state index in [2.05, 4.69) is 0 Å². The molecule has 0 aromatic heterocycles. The summed E-state index contributed by atoms with van der Waals surface area (Å²) in [5, 5.41) is 38.2. The van der Waals surface area contributed by atoms with Gasteiger partial charge in [-0.2, -0.15) is 0 Å². The zero-order chi connectivity index (χ0) is 17.9. The second kappa shape index (κ2) is 11.6. The molecule has 1 rings (SSSR count). The largest absolute Gasteiger partial charge is 0.481 e. The first kappa shape index (κ1) is 21.1. The van der Waals surface area contributed by atoms with Gasteiger partial charge in [0.1, 0.15) is 6.10 Å². The Morgan fingerprint density at radius 3 is 2.54 bits per heavy atom. The normalized spacial score (nSPS) is 26.8. The number of carboxylic acids is 1. The molecule has 0 unspecified atom stereocenters. The second-order valence-electron chi connectivity index (χ2n) is 6.57. The zero-order valence-corrected chi connectivity index (χ0v) is 14.5. The van der Waals surface area contributed by atoms with Gasteiger partial charge in [-0.1, -0.05) is 44.8 Å². The van der Waals surface area contributed by atoms with Gasteiger partial charge in [-0.15, -0.1) is 0 Å². The van der Waals surface area contributed by atoms with Gasteiger partial charge < -0.3 is 25.2 Å². The van der Waals surface area contributed by atoms with Gasteiger partial charge in [-0.3, -0.25) is 4.79 Å². The van der Waals surface area contributed by atoms with Gasteiger partial charge in [-0.25, -0.2) is 0 Å². The maximum Gasteiger partial charge on any atom is 0.303 e. The van der Waals surface area contributed by atoms with Gasteiger partial charge >= 0.3 is 5.97 Å². The van der Waals surface area contributed by atoms with Crippen molar-refractivity contribution in [3.05, 3.63) is 12.2 Å². The highest BCUT2D eigenvalue weighted by atomic mass is 16.5. The van der Waals surface area contributed by atoms with E-state index in [0.29, 0.717) is 25.7 Å². The summed E-state index contributed by atoms with van der Waals surface area (Å²) in [7, 11) is 0. The minimum atomic E-state index is -0.749. The minimum Gasteiger partial charge on any atom is -0.481 e. The van der Waals surface area contributed by atoms with Gasteiger partial charge in [-0.05, 0) is 19.3 Å². The summed E-state index contributed by atoms with van der Waals surface area (Å²) in [6.45, 7) is 1.87. The standard InChI is InChI=1S/C18H32O6/c1-2-14(20)17-12-15(21)16(24-17)11-10-13(19)8-6-4-3-5-7-9-18(22)23/h10-11,13-17,19-21H,2-9,12H2,1H3,(H,22,23)/b11-10+/t13-,14-,15+,16+,17-/m1/s1. The predicted octanol–water partition coefficient (Wildman–Crippen LogP) is 2.01. The molecule has 5 atom stereocenters. The van der Waals surface area contributed by atoms with Gasteiger partial charge in [0.25, 0.3) is 0 Å². The summed E-state index contributed by atoms with van der Waals surface area (Å²) in [6, 6.07) is 0. The summed E-state index contributed by atoms with van der Waals surface area (Å²) < 4.78 is 5.62. The van der Waals surface area contributed by atoms with Crippen LogP contribution in [-0.4, -0.2) is 56.9 Å². The lowest BCUT2D eigenvalue weighted by Gasteiger charge is -2.16. The van der Waals surface area contributed by atoms with Crippen molar-refractivity contribution in [1.82, 2.24) is 0 Å². The Labute approximate surface area is 144 Å². The molecule has 1 fully saturated rings. The van der Waals surface area contributed by atoms with Crippen molar-refractivity contribution in [2.75, 3.05) is 0 Å². The molecule has 1 saturated heterocycles. The number of carboxylic acid groups (broad SMARTS) is 1. The third-order valence-corrected chi connectivity index (χ3v) is 4.45. The molecule has 0 spiro atoms. The highest BCUT2D eigenvalue weighted by Gasteiger charge is 2.35. The lowest BCUT2D eigenvalue weighted by atomic mass is 10.0. The van der Waals surface area contributed by atoms with E-state index in [4.69, 9.17) is 9.84 Å². The van der Waals surface area contributed by atoms with E-state index in [1.165, 1.54) is 0 Å². The molecule has 1 aliphatic rings. The zero-order valence-electron chi connectivity index (χ0n) is 14.5. The number of rotatable bonds is 12. The summed E-state index contributed by atoms with van der Waals surface area (Å²) in [4.78, 5) is 10.4. The molecule has 140 valence electrons. The Kier molecular flexibility index (Phi) is 10.2. The molecule has 1 heterocycles. The first-order valence-corrected chi connectivity index (χ1v) is 9.03. The highest BCUT2D eigenvalue weighted by molar-refractivity contribution is 5.66. The number of ether oxygens (including phenoxy) is 1. The Morgan fingerprint density at radius 2 is 1.88 bits per heavy atom. The molecule has 24 heavy (non-hydrogen) atoms. The Balaban J connectivity index is 2.15. The molecule has 0 radical (unpaired) electrons. The Morgan fingerprint density at radius 1 is 1.21 bits per heavy atom. The monoisotopic (exact) mass is 344 g/mol. The van der Waals surface area contributed by atoms with E-state index in [-0.39, 0.29) is 12.5 Å². The van der Waals surface area contributed by atoms with E-state index in [0.717, 1.165) is 25.7 Å². The Bertz CT molecular complexity index is 384. The first-order chi connectivity index (χ1) is 11.4. The fourth-order valence-electron chi connectivity index (χ4n) is 2.90. The molecule has 0 amide bonds. The quantitative estimate of drug-likeness (QED) is 0.319. The molecule has 4 N–H and O–H groups in total. The first-order valence-electron chi connectivity index (χ1n) is 9.03. The van der Waals surface area contributed by atoms with Crippen LogP contribution in [0.5, 0.6) is 0 Å². The second-order valence-corrected chi connectivity index (χ2v) is 6.57. The smallest absolute Gasteiger partial charge is 0.303 e. The Hall–Kier alpha value is -0.950. The van der Waals surface area contributed by atoms with Gasteiger partial charge in [0.2, 0.25) is 0 Å². The van der Waals surface area contributed by atoms with Crippen LogP contribution >= 0.6 is 0 Å². The third kappa shape index (κ3) is 8.24. The average molecular weight is 344 g/mol. The third-order valence-electron chi connectivity index (χ3n) is 4.45. The molecule has 0 saturated carbocycles. The van der Waals surface area contributed by atoms with Crippen LogP contribution in [0.15, 0.2) is 12.2 Å². The lowest BCUT2D eigenvalue weighted by molar-refractivity contribution is -0.137. The number of aliphatic hydroxyl groups excluding tert-OH is 3. The number of hydrogen-bond donors (Lipinski definition) is 4. The van der Waals surface area contributed by atoms with Gasteiger partial charge in [0.05, 0.1) is 24.4 Å². The van der Waals surface area contributed by atoms with Gasteiger partial charge in [0.15, 0.2) is 0 Å². The number of unbranched alkanes of at least 4 members (excludes halogenated alkanes) is 4. The van der Waals surface area contributed by atoms with E-state index in [1.54, 1.807) is 12.2 Å². The number of aliphatic carboxylic acids is 1. The molecule has 0 aromatic rings. The minimum absolute atomic E-state index is 0.225. The van der Waals surface area contributed by atoms with E-state index in [1.807, 2.05) is 6.92 Å². The average Bonchev–Trinajstić information content (AvgIpc) is 2.92. The van der Waals surface area contributed by atoms with Crippen LogP contribution in [0, 0.1) is 0 Å². The summed E-state index contributed by atoms with van der Waals surface area (Å²) in [5.41, 5.74) is 0. The molecule has 0 aromatic carbocycles. The van der Waals surface area contributed by atoms with Crippen molar-refractivity contribution in [3.63, 3.8) is 0 Å². The van der Waals surface area contributed by atoms with Crippen molar-refractivity contribution < 1.29 is 30.0 Å². The topological polar surface area (TPSA) is 107 Å². The maximum absolute atomic E-state index is 10.4. The molecule has 6 nitrogen and oxygen atoms in total. The van der Waals surface area contributed by atoms with E-state index >= 15 is 0 Å². The SMILES string of the molecule is CC[C@@H](O)[C@H]1C[C@H](O)[C@H](/C=C/[C@H](O)CCCCCCCC(=O)O)O1. The summed E-state index contributed by atoms with van der Waals surface area (Å²) in [6.07, 6.45) is 7.04. The summed E-state index contributed by atoms with van der Waals surface area (Å²) in [5.74, 6) is -0.749. The number of carbonyl (C=O) groups is 1. The van der Waals surface area contributed by atoms with Crippen molar-refractivity contribution in [2.24, 2.45) is 0 Å². The number of hydrogen-bond acceptors (Lipinski definition) is 5. The van der Waals surface area contributed by atoms with Crippen LogP contribution in [0.2, 0.25) is 0 Å². The van der Waals surface area contributed by atoms with Crippen LogP contribution in [-0.2, 0) is 9.53 Å². The van der Waals surface area contributed by atoms with Crippen LogP contribution in [0.3, 0.4) is 0 Å². The van der Waals surface area contributed by atoms with E-state index in [9.17, 15) is 20.1 Å². The van der Waals surface area contributed by atoms with Crippen LogP contribution < -0.4 is 0 Å². The predicted molar refractivity (Wildman–Crippen MR) is 90.7 cm³/mol. The molecular weight excluding hydrogens is 312 g/mol. The van der Waals surface area contributed by atoms with Crippen molar-refractivity contribution >= 4 is 5.97 Å². The summed E-state index contributed by atoms with van der Waals surface area (Å²) >= 11 is 0. The van der Waals surface area contributed by atoms with Crippen molar-refractivity contribution in [3.8, 4) is 0 Å². The lowest BCUT2D eigenvalue weighted by Crippen LogP contribution is -2.25. The van der Waals surface area contributed by atoms with Crippen molar-refractivity contribution in [1.29, 1.82) is 0 Å². The van der Waals surface area contributed by atoms with Gasteiger partial charge in [0, 0.05) is 12.8 Å². The molecule has 0 bridgehead atoms. The van der Waals surface area contributed by atoms with Crippen LogP contribution in [0.1, 0.15) is 64.7 Å². The molecule has 1 aliphatic heterocycles. The number of aliphatic hydroxyl groups is 3. The maximum atomic E-state index is 10.4. The van der Waals surface area contributed by atoms with Crippen molar-refractivity contribution in [2.45, 2.75) is 95.2 Å².